The Morgan fingerprint density at radius 1 is 0.280 bits per heavy atom. The molecule has 9 aliphatic heterocycles. The SMILES string of the molecule is CC1(C)C[C@@H]([C@H]2c3sccc3-c3cncn32)CCO1.CC1(C)C[C@H]([C@@H]2c3sccc3-c3cncn32)CCO1.FC1(F)CCCC([C@@H]2c3sccc3-c3cncn32)C1.FC1(F)CCCC([C@H]2c3sccc3-c3cncn32)C1.FC1(F)CCC[C@@H]([C@@H]2c3sccc3-c3cncn32)C1.FC1(F)CCC[C@H]([C@H]2c3sccc3-c3cncn32)C1.O[C@H]1CCCC([C@H]2c3sccc3-c3cncn32)C1. The second kappa shape index (κ2) is 35.4. The van der Waals surface area contributed by atoms with Crippen LogP contribution < -0.4 is 0 Å². The molecule has 0 aromatic carbocycles. The molecule has 0 spiro atoms. The zero-order valence-electron chi connectivity index (χ0n) is 74.1. The zero-order chi connectivity index (χ0) is 90.3. The van der Waals surface area contributed by atoms with Crippen molar-refractivity contribution in [1.29, 1.82) is 0 Å². The van der Waals surface area contributed by atoms with Crippen LogP contribution in [0.3, 0.4) is 0 Å². The molecule has 0 amide bonds. The van der Waals surface area contributed by atoms with Crippen molar-refractivity contribution in [2.45, 2.75) is 265 Å². The van der Waals surface area contributed by atoms with E-state index in [2.05, 4.69) is 175 Å². The van der Waals surface area contributed by atoms with Crippen LogP contribution in [0.1, 0.15) is 258 Å². The van der Waals surface area contributed by atoms with E-state index in [0.717, 1.165) is 107 Å². The van der Waals surface area contributed by atoms with Gasteiger partial charge in [0.15, 0.2) is 0 Å². The van der Waals surface area contributed by atoms with Crippen LogP contribution in [0.2, 0.25) is 0 Å². The number of ether oxygens (including phenoxy) is 2. The Morgan fingerprint density at radius 2 is 0.485 bits per heavy atom. The monoisotopic (exact) mass is 1930 g/mol. The number of aliphatic hydroxyl groups excluding tert-OH is 1. The highest BCUT2D eigenvalue weighted by Crippen LogP contribution is 2.60. The summed E-state index contributed by atoms with van der Waals surface area (Å²) in [7, 11) is 0. The van der Waals surface area contributed by atoms with Crippen molar-refractivity contribution >= 4 is 79.4 Å². The molecule has 17 nitrogen and oxygen atoms in total. The molecule has 7 fully saturated rings. The molecule has 14 aromatic rings. The lowest BCUT2D eigenvalue weighted by Gasteiger charge is -2.38. The van der Waals surface area contributed by atoms with E-state index in [0.29, 0.717) is 61.6 Å². The lowest BCUT2D eigenvalue weighted by molar-refractivity contribution is -0.0781. The molecular weight excluding hydrogens is 1820 g/mol. The van der Waals surface area contributed by atoms with E-state index in [4.69, 9.17) is 9.47 Å². The van der Waals surface area contributed by atoms with Crippen LogP contribution in [0.5, 0.6) is 0 Å². The highest BCUT2D eigenvalue weighted by atomic mass is 32.1. The number of thiophene rings is 7. The molecule has 5 aliphatic carbocycles. The van der Waals surface area contributed by atoms with Gasteiger partial charge in [0.05, 0.1) is 187 Å². The van der Waals surface area contributed by atoms with Gasteiger partial charge >= 0.3 is 0 Å². The minimum atomic E-state index is -2.50. The third-order valence-electron chi connectivity index (χ3n) is 30.4. The summed E-state index contributed by atoms with van der Waals surface area (Å²) in [6.45, 7) is 10.6. The van der Waals surface area contributed by atoms with Gasteiger partial charge in [0.1, 0.15) is 0 Å². The molecule has 694 valence electrons. The van der Waals surface area contributed by atoms with Crippen LogP contribution in [0.4, 0.5) is 35.1 Å². The quantitative estimate of drug-likeness (QED) is 0.152. The van der Waals surface area contributed by atoms with Crippen molar-refractivity contribution in [3.63, 3.8) is 0 Å². The maximum atomic E-state index is 13.7. The summed E-state index contributed by atoms with van der Waals surface area (Å²) < 4.78 is 137. The molecule has 3 unspecified atom stereocenters. The van der Waals surface area contributed by atoms with Crippen molar-refractivity contribution in [1.82, 2.24) is 66.9 Å². The van der Waals surface area contributed by atoms with Crippen LogP contribution in [-0.4, -0.2) is 126 Å². The Kier molecular flexibility index (Phi) is 23.8. The number of halogens is 8. The highest BCUT2D eigenvalue weighted by molar-refractivity contribution is 7.12. The molecule has 14 aromatic heterocycles. The van der Waals surface area contributed by atoms with Crippen LogP contribution in [-0.2, 0) is 9.47 Å². The summed E-state index contributed by atoms with van der Waals surface area (Å²) >= 11 is 12.3. The number of aromatic nitrogens is 14. The maximum absolute atomic E-state index is 13.7. The maximum Gasteiger partial charge on any atom is 0.248 e. The molecule has 1 N–H and O–H groups in total. The van der Waals surface area contributed by atoms with E-state index < -0.39 is 23.7 Å². The van der Waals surface area contributed by atoms with E-state index in [1.54, 1.807) is 70.7 Å². The van der Waals surface area contributed by atoms with Gasteiger partial charge in [-0.3, -0.25) is 0 Å². The van der Waals surface area contributed by atoms with Gasteiger partial charge in [0.25, 0.3) is 0 Å². The van der Waals surface area contributed by atoms with Crippen molar-refractivity contribution in [3.05, 3.63) is 202 Å². The number of fused-ring (bicyclic) bond motifs is 21. The van der Waals surface area contributed by atoms with Crippen molar-refractivity contribution in [3.8, 4) is 78.8 Å². The zero-order valence-corrected chi connectivity index (χ0v) is 79.8. The molecule has 32 heteroatoms. The van der Waals surface area contributed by atoms with Crippen LogP contribution in [0, 0.1) is 41.4 Å². The lowest BCUT2D eigenvalue weighted by atomic mass is 9.81. The average Bonchev–Trinajstić information content (AvgIpc) is 1.61. The van der Waals surface area contributed by atoms with Crippen molar-refractivity contribution in [2.75, 3.05) is 13.2 Å². The van der Waals surface area contributed by atoms with Gasteiger partial charge in [-0.15, -0.1) is 79.4 Å². The molecule has 2 saturated heterocycles. The normalized spacial score (nSPS) is 28.4. The third-order valence-corrected chi connectivity index (χ3v) is 37.3. The fourth-order valence-corrected chi connectivity index (χ4v) is 32.6. The molecule has 15 atom stereocenters. The van der Waals surface area contributed by atoms with Gasteiger partial charge in [-0.1, -0.05) is 6.42 Å². The summed E-state index contributed by atoms with van der Waals surface area (Å²) in [5.41, 5.74) is 17.0. The minimum absolute atomic E-state index is 0.00365. The van der Waals surface area contributed by atoms with E-state index in [9.17, 15) is 40.2 Å². The first kappa shape index (κ1) is 88.9. The summed E-state index contributed by atoms with van der Waals surface area (Å²) in [6, 6.07) is 16.6. The van der Waals surface area contributed by atoms with Gasteiger partial charge in [0, 0.05) is 138 Å². The van der Waals surface area contributed by atoms with Gasteiger partial charge in [-0.05, 0) is 246 Å². The third kappa shape index (κ3) is 16.7. The first-order chi connectivity index (χ1) is 63.8. The van der Waals surface area contributed by atoms with Gasteiger partial charge in [-0.2, -0.15) is 0 Å². The first-order valence-electron chi connectivity index (χ1n) is 46.9. The molecule has 5 saturated carbocycles. The summed E-state index contributed by atoms with van der Waals surface area (Å²) in [4.78, 5) is 39.1. The largest absolute Gasteiger partial charge is 0.393 e. The summed E-state index contributed by atoms with van der Waals surface area (Å²) in [5, 5.41) is 24.7. The Balaban J connectivity index is 0.0000000900. The predicted octanol–water partition coefficient (Wildman–Crippen LogP) is 27.9. The average molecular weight is 1930 g/mol. The first-order valence-corrected chi connectivity index (χ1v) is 53.1. The highest BCUT2D eigenvalue weighted by Gasteiger charge is 2.51. The van der Waals surface area contributed by atoms with Gasteiger partial charge in [-0.25, -0.2) is 70.0 Å². The van der Waals surface area contributed by atoms with Gasteiger partial charge in [0.2, 0.25) is 23.7 Å². The number of hydrogen-bond donors (Lipinski definition) is 1. The van der Waals surface area contributed by atoms with E-state index in [1.165, 1.54) is 96.6 Å². The Bertz CT molecular complexity index is 5270. The fourth-order valence-electron chi connectivity index (χ4n) is 25.0. The Labute approximate surface area is 790 Å². The van der Waals surface area contributed by atoms with E-state index in [-0.39, 0.29) is 117 Å². The van der Waals surface area contributed by atoms with Crippen LogP contribution in [0.25, 0.3) is 78.8 Å². The topological polar surface area (TPSA) is 163 Å². The molecular formula is C100H108F8N14O3S7. The fraction of sp³-hybridized carbons (Fsp3) is 0.510. The lowest BCUT2D eigenvalue weighted by Crippen LogP contribution is -2.37. The van der Waals surface area contributed by atoms with E-state index >= 15 is 0 Å². The minimum Gasteiger partial charge on any atom is -0.393 e. The van der Waals surface area contributed by atoms with Crippen LogP contribution in [0.15, 0.2) is 168 Å². The van der Waals surface area contributed by atoms with Crippen molar-refractivity contribution < 1.29 is 49.7 Å². The number of rotatable bonds is 7. The number of imidazole rings is 7. The smallest absolute Gasteiger partial charge is 0.248 e. The van der Waals surface area contributed by atoms with E-state index in [1.807, 2.05) is 96.4 Å². The molecule has 132 heavy (non-hydrogen) atoms. The summed E-state index contributed by atoms with van der Waals surface area (Å²) in [5.74, 6) is -8.03. The number of aliphatic hydroxyl groups is 1. The molecule has 14 aliphatic rings. The second-order valence-electron chi connectivity index (χ2n) is 40.0. The predicted molar refractivity (Wildman–Crippen MR) is 507 cm³/mol. The molecule has 0 radical (unpaired) electrons. The summed E-state index contributed by atoms with van der Waals surface area (Å²) in [6.07, 6.45) is 41.3. The molecule has 0 bridgehead atoms. The van der Waals surface area contributed by atoms with Crippen molar-refractivity contribution in [2.24, 2.45) is 41.4 Å². The standard InChI is InChI=1S/2C15H18N2OS.4C14H14F2N2S.C14H16N2OS/c2*1-15(2)7-10(3-5-18-15)13-14-11(4-6-19-14)12-8-16-9-17(12)13;4*15-14(16)4-1-2-9(6-14)12-13-10(3-5-19-13)11-7-17-8-18(11)12;17-10-3-1-2-9(6-10)13-14-11(4-5-18-14)12-7-15-8-16(12)13/h2*4,6,8-10,13H,3,5,7H2,1-2H3;4*3,5,7-9,12H,1-2,4,6H2;4-5,7-10,13,17H,1-3,6H2/t2*10-,13-;2*9?,12-;2*9-,12-;9?,10-,13-/m1010100/s1. The molecule has 28 rings (SSSR count). The van der Waals surface area contributed by atoms with Crippen LogP contribution >= 0.6 is 79.4 Å². The Morgan fingerprint density at radius 3 is 0.689 bits per heavy atom. The Hall–Kier alpha value is -8.31. The second-order valence-corrected chi connectivity index (χ2v) is 46.6. The number of alkyl halides is 8. The van der Waals surface area contributed by atoms with Gasteiger partial charge < -0.3 is 46.5 Å². The number of hydrogen-bond acceptors (Lipinski definition) is 17. The molecule has 23 heterocycles. The number of nitrogens with zero attached hydrogens (tertiary/aromatic N) is 14.